The third-order valence-electron chi connectivity index (χ3n) is 3.74. The highest BCUT2D eigenvalue weighted by atomic mass is 15.5. The van der Waals surface area contributed by atoms with Gasteiger partial charge in [0, 0.05) is 5.56 Å². The van der Waals surface area contributed by atoms with Gasteiger partial charge in [-0.3, -0.25) is 0 Å². The average molecular weight is 302 g/mol. The highest BCUT2D eigenvalue weighted by molar-refractivity contribution is 6.13. The molecule has 6 heteroatoms. The third kappa shape index (κ3) is 2.36. The van der Waals surface area contributed by atoms with Gasteiger partial charge in [0.1, 0.15) is 6.33 Å². The van der Waals surface area contributed by atoms with Gasteiger partial charge in [-0.25, -0.2) is 10.1 Å². The quantitative estimate of drug-likeness (QED) is 0.264. The van der Waals surface area contributed by atoms with E-state index in [1.807, 2.05) is 24.3 Å². The molecule has 6 nitrogen and oxygen atoms in total. The standard InChI is InChI=1S/C17H14N6/c18-23-11-20-22-17(23)21-19-10-16-14-7-3-1-5-12(14)9-13-6-2-4-8-15(13)16/h1-11H,18H2,(H,21,22). The largest absolute Gasteiger partial charge is 0.335 e. The number of anilines is 1. The van der Waals surface area contributed by atoms with Crippen LogP contribution in [-0.2, 0) is 0 Å². The number of hydrogen-bond acceptors (Lipinski definition) is 5. The Kier molecular flexibility index (Phi) is 3.12. The van der Waals surface area contributed by atoms with Crippen molar-refractivity contribution in [1.82, 2.24) is 14.9 Å². The predicted molar refractivity (Wildman–Crippen MR) is 92.8 cm³/mol. The van der Waals surface area contributed by atoms with Crippen molar-refractivity contribution in [1.29, 1.82) is 0 Å². The van der Waals surface area contributed by atoms with Crippen LogP contribution in [0.25, 0.3) is 21.5 Å². The van der Waals surface area contributed by atoms with E-state index in [-0.39, 0.29) is 0 Å². The van der Waals surface area contributed by atoms with E-state index in [0.29, 0.717) is 5.95 Å². The number of hydrazone groups is 1. The normalized spacial score (nSPS) is 11.5. The summed E-state index contributed by atoms with van der Waals surface area (Å²) in [4.78, 5) is 0. The van der Waals surface area contributed by atoms with Crippen molar-refractivity contribution in [3.8, 4) is 0 Å². The molecule has 112 valence electrons. The highest BCUT2D eigenvalue weighted by Crippen LogP contribution is 2.27. The summed E-state index contributed by atoms with van der Waals surface area (Å²) in [5.74, 6) is 6.04. The molecule has 0 saturated carbocycles. The molecule has 0 bridgehead atoms. The molecule has 0 atom stereocenters. The maximum Gasteiger partial charge on any atom is 0.263 e. The Hall–Kier alpha value is -3.41. The molecule has 0 aliphatic heterocycles. The van der Waals surface area contributed by atoms with Gasteiger partial charge in [0.05, 0.1) is 6.21 Å². The second kappa shape index (κ2) is 5.42. The zero-order chi connectivity index (χ0) is 15.6. The zero-order valence-electron chi connectivity index (χ0n) is 12.2. The fraction of sp³-hybridized carbons (Fsp3) is 0. The molecule has 0 radical (unpaired) electrons. The minimum absolute atomic E-state index is 0.380. The second-order valence-electron chi connectivity index (χ2n) is 5.16. The monoisotopic (exact) mass is 302 g/mol. The van der Waals surface area contributed by atoms with E-state index < -0.39 is 0 Å². The topological polar surface area (TPSA) is 81.1 Å². The van der Waals surface area contributed by atoms with Gasteiger partial charge in [-0.1, -0.05) is 48.5 Å². The third-order valence-corrected chi connectivity index (χ3v) is 3.74. The fourth-order valence-corrected chi connectivity index (χ4v) is 2.67. The van der Waals surface area contributed by atoms with E-state index in [2.05, 4.69) is 51.1 Å². The van der Waals surface area contributed by atoms with Gasteiger partial charge >= 0.3 is 0 Å². The Bertz CT molecular complexity index is 964. The lowest BCUT2D eigenvalue weighted by atomic mass is 9.97. The van der Waals surface area contributed by atoms with E-state index in [1.54, 1.807) is 6.21 Å². The maximum atomic E-state index is 5.66. The van der Waals surface area contributed by atoms with Gasteiger partial charge in [0.25, 0.3) is 5.95 Å². The Morgan fingerprint density at radius 1 is 1.00 bits per heavy atom. The summed E-state index contributed by atoms with van der Waals surface area (Å²) in [5.41, 5.74) is 3.85. The molecule has 0 unspecified atom stereocenters. The summed E-state index contributed by atoms with van der Waals surface area (Å²) >= 11 is 0. The smallest absolute Gasteiger partial charge is 0.263 e. The zero-order valence-corrected chi connectivity index (χ0v) is 12.2. The molecule has 3 aromatic carbocycles. The van der Waals surface area contributed by atoms with Crippen molar-refractivity contribution in [2.75, 3.05) is 11.3 Å². The number of benzene rings is 3. The van der Waals surface area contributed by atoms with Gasteiger partial charge in [-0.05, 0) is 27.6 Å². The van der Waals surface area contributed by atoms with Crippen molar-refractivity contribution in [3.05, 3.63) is 66.5 Å². The SMILES string of the molecule is Nn1cnnc1NN=Cc1c2ccccc2cc2ccccc12. The summed E-state index contributed by atoms with van der Waals surface area (Å²) in [6.45, 7) is 0. The van der Waals surface area contributed by atoms with E-state index >= 15 is 0 Å². The molecule has 0 amide bonds. The summed E-state index contributed by atoms with van der Waals surface area (Å²) < 4.78 is 1.28. The number of nitrogens with zero attached hydrogens (tertiary/aromatic N) is 4. The predicted octanol–water partition coefficient (Wildman–Crippen LogP) is 2.74. The number of nitrogens with two attached hydrogens (primary N) is 1. The van der Waals surface area contributed by atoms with Gasteiger partial charge in [0.2, 0.25) is 0 Å². The first-order valence-corrected chi connectivity index (χ1v) is 7.17. The molecule has 23 heavy (non-hydrogen) atoms. The van der Waals surface area contributed by atoms with Crippen molar-refractivity contribution < 1.29 is 0 Å². The van der Waals surface area contributed by atoms with Crippen molar-refractivity contribution in [2.45, 2.75) is 0 Å². The molecular formula is C17H14N6. The number of nitrogen functional groups attached to an aromatic ring is 1. The summed E-state index contributed by atoms with van der Waals surface area (Å²) in [7, 11) is 0. The number of nitrogens with one attached hydrogen (secondary N) is 1. The average Bonchev–Trinajstić information content (AvgIpc) is 2.99. The minimum Gasteiger partial charge on any atom is -0.335 e. The van der Waals surface area contributed by atoms with E-state index in [4.69, 9.17) is 5.84 Å². The van der Waals surface area contributed by atoms with Gasteiger partial charge in [-0.15, -0.1) is 10.2 Å². The number of fused-ring (bicyclic) bond motifs is 2. The van der Waals surface area contributed by atoms with E-state index in [0.717, 1.165) is 16.3 Å². The maximum absolute atomic E-state index is 5.66. The molecule has 3 N–H and O–H groups in total. The Morgan fingerprint density at radius 2 is 1.65 bits per heavy atom. The van der Waals surface area contributed by atoms with Crippen LogP contribution in [0.1, 0.15) is 5.56 Å². The minimum atomic E-state index is 0.380. The molecule has 1 aromatic heterocycles. The van der Waals surface area contributed by atoms with Crippen LogP contribution in [0.5, 0.6) is 0 Å². The van der Waals surface area contributed by atoms with Crippen LogP contribution in [-0.4, -0.2) is 21.1 Å². The summed E-state index contributed by atoms with van der Waals surface area (Å²) in [6.07, 6.45) is 3.20. The molecule has 1 heterocycles. The number of rotatable bonds is 3. The molecule has 4 aromatic rings. The van der Waals surface area contributed by atoms with Gasteiger partial charge in [-0.2, -0.15) is 5.10 Å². The number of aromatic nitrogens is 3. The highest BCUT2D eigenvalue weighted by Gasteiger charge is 2.05. The lowest BCUT2D eigenvalue weighted by Crippen LogP contribution is -2.10. The Balaban J connectivity index is 1.84. The molecule has 0 fully saturated rings. The molecule has 0 spiro atoms. The van der Waals surface area contributed by atoms with Crippen LogP contribution in [0.3, 0.4) is 0 Å². The van der Waals surface area contributed by atoms with Crippen LogP contribution in [0.2, 0.25) is 0 Å². The van der Waals surface area contributed by atoms with Crippen LogP contribution >= 0.6 is 0 Å². The Labute approximate surface area is 132 Å². The van der Waals surface area contributed by atoms with Crippen molar-refractivity contribution in [3.63, 3.8) is 0 Å². The van der Waals surface area contributed by atoms with Gasteiger partial charge in [0.15, 0.2) is 0 Å². The number of hydrogen-bond donors (Lipinski definition) is 2. The molecule has 0 aliphatic rings. The molecule has 4 rings (SSSR count). The first-order valence-electron chi connectivity index (χ1n) is 7.17. The van der Waals surface area contributed by atoms with Crippen LogP contribution in [0.4, 0.5) is 5.95 Å². The molecule has 0 aliphatic carbocycles. The lowest BCUT2D eigenvalue weighted by molar-refractivity contribution is 0.988. The van der Waals surface area contributed by atoms with Crippen LogP contribution < -0.4 is 11.3 Å². The Morgan fingerprint density at radius 3 is 2.26 bits per heavy atom. The van der Waals surface area contributed by atoms with Gasteiger partial charge < -0.3 is 5.84 Å². The summed E-state index contributed by atoms with van der Waals surface area (Å²) in [6, 6.07) is 18.7. The molecule has 0 saturated heterocycles. The molecular weight excluding hydrogens is 288 g/mol. The second-order valence-corrected chi connectivity index (χ2v) is 5.16. The van der Waals surface area contributed by atoms with Crippen molar-refractivity contribution in [2.24, 2.45) is 5.10 Å². The van der Waals surface area contributed by atoms with Crippen molar-refractivity contribution >= 4 is 33.7 Å². The summed E-state index contributed by atoms with van der Waals surface area (Å²) in [5, 5.41) is 16.4. The lowest BCUT2D eigenvalue weighted by Gasteiger charge is -2.07. The van der Waals surface area contributed by atoms with E-state index in [1.165, 1.54) is 21.8 Å². The fourth-order valence-electron chi connectivity index (χ4n) is 2.67. The van der Waals surface area contributed by atoms with E-state index in [9.17, 15) is 0 Å². The van der Waals surface area contributed by atoms with Crippen LogP contribution in [0.15, 0.2) is 66.0 Å². The first-order chi connectivity index (χ1) is 11.3. The first kappa shape index (κ1) is 13.3. The van der Waals surface area contributed by atoms with Crippen LogP contribution in [0, 0.1) is 0 Å².